The number of hydrogen-bond donors (Lipinski definition) is 0. The van der Waals surface area contributed by atoms with E-state index in [0.29, 0.717) is 5.41 Å². The van der Waals surface area contributed by atoms with Gasteiger partial charge in [0, 0.05) is 0 Å². The third kappa shape index (κ3) is 1.50. The highest BCUT2D eigenvalue weighted by molar-refractivity contribution is 5.57. The molecule has 2 aliphatic rings. The van der Waals surface area contributed by atoms with E-state index >= 15 is 0 Å². The predicted molar refractivity (Wildman–Crippen MR) is 68.6 cm³/mol. The van der Waals surface area contributed by atoms with E-state index in [1.165, 1.54) is 56.1 Å². The first-order chi connectivity index (χ1) is 7.83. The Morgan fingerprint density at radius 2 is 1.88 bits per heavy atom. The SMILES string of the molecule is C=Nc1cccc2c1CC1(CCCCC1)C2. The van der Waals surface area contributed by atoms with E-state index in [9.17, 15) is 0 Å². The van der Waals surface area contributed by atoms with Gasteiger partial charge in [-0.1, -0.05) is 31.4 Å². The number of fused-ring (bicyclic) bond motifs is 1. The van der Waals surface area contributed by atoms with Crippen LogP contribution >= 0.6 is 0 Å². The Morgan fingerprint density at radius 1 is 1.06 bits per heavy atom. The molecule has 1 fully saturated rings. The van der Waals surface area contributed by atoms with Gasteiger partial charge < -0.3 is 0 Å². The third-order valence-corrected chi connectivity index (χ3v) is 4.45. The van der Waals surface area contributed by atoms with Crippen molar-refractivity contribution in [3.05, 3.63) is 29.3 Å². The minimum atomic E-state index is 0.585. The van der Waals surface area contributed by atoms with Gasteiger partial charge in [-0.25, -0.2) is 0 Å². The number of hydrogen-bond acceptors (Lipinski definition) is 1. The number of nitrogens with zero attached hydrogens (tertiary/aromatic N) is 1. The summed E-state index contributed by atoms with van der Waals surface area (Å²) in [6.45, 7) is 3.69. The quantitative estimate of drug-likeness (QED) is 0.624. The molecule has 2 aliphatic carbocycles. The molecule has 0 radical (unpaired) electrons. The fraction of sp³-hybridized carbons (Fsp3) is 0.533. The largest absolute Gasteiger partial charge is 0.264 e. The van der Waals surface area contributed by atoms with E-state index in [-0.39, 0.29) is 0 Å². The lowest BCUT2D eigenvalue weighted by Crippen LogP contribution is -2.24. The summed E-state index contributed by atoms with van der Waals surface area (Å²) in [6, 6.07) is 6.52. The molecule has 0 heterocycles. The second-order valence-electron chi connectivity index (χ2n) is 5.49. The van der Waals surface area contributed by atoms with Crippen LogP contribution in [0.5, 0.6) is 0 Å². The standard InChI is InChI=1S/C15H19N/c1-16-14-7-5-6-12-10-15(11-13(12)14)8-3-2-4-9-15/h5-7H,1-4,8-11H2. The second-order valence-corrected chi connectivity index (χ2v) is 5.49. The Hall–Kier alpha value is -1.11. The molecule has 1 spiro atoms. The van der Waals surface area contributed by atoms with Crippen LogP contribution in [0.15, 0.2) is 23.2 Å². The summed E-state index contributed by atoms with van der Waals surface area (Å²) >= 11 is 0. The number of aliphatic imine (C=N–C) groups is 1. The Morgan fingerprint density at radius 3 is 2.62 bits per heavy atom. The van der Waals surface area contributed by atoms with Gasteiger partial charge in [-0.15, -0.1) is 0 Å². The molecule has 84 valence electrons. The summed E-state index contributed by atoms with van der Waals surface area (Å²) in [5.74, 6) is 0. The molecule has 0 bridgehead atoms. The smallest absolute Gasteiger partial charge is 0.0657 e. The molecular weight excluding hydrogens is 194 g/mol. The van der Waals surface area contributed by atoms with Crippen molar-refractivity contribution in [2.24, 2.45) is 10.4 Å². The second kappa shape index (κ2) is 3.73. The van der Waals surface area contributed by atoms with Gasteiger partial charge in [0.15, 0.2) is 0 Å². The Bertz CT molecular complexity index is 413. The summed E-state index contributed by atoms with van der Waals surface area (Å²) in [4.78, 5) is 4.17. The molecule has 0 N–H and O–H groups in total. The fourth-order valence-corrected chi connectivity index (χ4v) is 3.64. The molecule has 0 aromatic heterocycles. The van der Waals surface area contributed by atoms with Crippen molar-refractivity contribution < 1.29 is 0 Å². The molecule has 0 amide bonds. The van der Waals surface area contributed by atoms with Crippen LogP contribution in [0.1, 0.15) is 43.2 Å². The zero-order valence-corrected chi connectivity index (χ0v) is 9.84. The molecule has 1 heteroatoms. The third-order valence-electron chi connectivity index (χ3n) is 4.45. The normalized spacial score (nSPS) is 22.0. The number of benzene rings is 1. The highest BCUT2D eigenvalue weighted by Crippen LogP contribution is 2.49. The van der Waals surface area contributed by atoms with Gasteiger partial charge in [0.25, 0.3) is 0 Å². The van der Waals surface area contributed by atoms with E-state index in [2.05, 4.69) is 29.9 Å². The topological polar surface area (TPSA) is 12.4 Å². The Kier molecular flexibility index (Phi) is 2.34. The lowest BCUT2D eigenvalue weighted by molar-refractivity contribution is 0.203. The van der Waals surface area contributed by atoms with Crippen molar-refractivity contribution >= 4 is 12.4 Å². The molecule has 1 aromatic carbocycles. The van der Waals surface area contributed by atoms with Crippen LogP contribution in [-0.4, -0.2) is 6.72 Å². The molecule has 0 aliphatic heterocycles. The van der Waals surface area contributed by atoms with Crippen LogP contribution in [0.2, 0.25) is 0 Å². The lowest BCUT2D eigenvalue weighted by Gasteiger charge is -2.33. The van der Waals surface area contributed by atoms with Crippen molar-refractivity contribution in [3.8, 4) is 0 Å². The average molecular weight is 213 g/mol. The van der Waals surface area contributed by atoms with Gasteiger partial charge in [0.2, 0.25) is 0 Å². The zero-order chi connectivity index (χ0) is 11.0. The van der Waals surface area contributed by atoms with Crippen LogP contribution in [0, 0.1) is 5.41 Å². The van der Waals surface area contributed by atoms with E-state index in [4.69, 9.17) is 0 Å². The summed E-state index contributed by atoms with van der Waals surface area (Å²) in [5.41, 5.74) is 4.73. The first kappa shape index (κ1) is 10.1. The molecule has 0 saturated heterocycles. The summed E-state index contributed by atoms with van der Waals surface area (Å²) in [7, 11) is 0. The molecule has 1 saturated carbocycles. The maximum atomic E-state index is 4.17. The number of rotatable bonds is 1. The fourth-order valence-electron chi connectivity index (χ4n) is 3.64. The van der Waals surface area contributed by atoms with Gasteiger partial charge in [0.05, 0.1) is 5.69 Å². The maximum absolute atomic E-state index is 4.17. The molecule has 1 aromatic rings. The van der Waals surface area contributed by atoms with Crippen LogP contribution < -0.4 is 0 Å². The van der Waals surface area contributed by atoms with Crippen molar-refractivity contribution in [1.82, 2.24) is 0 Å². The Labute approximate surface area is 97.6 Å². The first-order valence-corrected chi connectivity index (χ1v) is 6.41. The maximum Gasteiger partial charge on any atom is 0.0657 e. The van der Waals surface area contributed by atoms with Crippen molar-refractivity contribution in [2.45, 2.75) is 44.9 Å². The van der Waals surface area contributed by atoms with Gasteiger partial charge in [-0.2, -0.15) is 0 Å². The van der Waals surface area contributed by atoms with Gasteiger partial charge >= 0.3 is 0 Å². The van der Waals surface area contributed by atoms with Crippen LogP contribution in [0.3, 0.4) is 0 Å². The van der Waals surface area contributed by atoms with Crippen LogP contribution in [-0.2, 0) is 12.8 Å². The molecule has 3 rings (SSSR count). The van der Waals surface area contributed by atoms with Crippen LogP contribution in [0.25, 0.3) is 0 Å². The predicted octanol–water partition coefficient (Wildman–Crippen LogP) is 4.07. The highest BCUT2D eigenvalue weighted by Gasteiger charge is 2.38. The van der Waals surface area contributed by atoms with Gasteiger partial charge in [0.1, 0.15) is 0 Å². The van der Waals surface area contributed by atoms with Crippen molar-refractivity contribution in [3.63, 3.8) is 0 Å². The van der Waals surface area contributed by atoms with E-state index in [1.54, 1.807) is 0 Å². The van der Waals surface area contributed by atoms with E-state index < -0.39 is 0 Å². The highest BCUT2D eigenvalue weighted by atomic mass is 14.7. The minimum absolute atomic E-state index is 0.585. The molecule has 0 atom stereocenters. The van der Waals surface area contributed by atoms with Crippen LogP contribution in [0.4, 0.5) is 5.69 Å². The van der Waals surface area contributed by atoms with Gasteiger partial charge in [-0.05, 0) is 55.0 Å². The Balaban J connectivity index is 1.96. The average Bonchev–Trinajstić information content (AvgIpc) is 2.67. The van der Waals surface area contributed by atoms with E-state index in [0.717, 1.165) is 5.69 Å². The van der Waals surface area contributed by atoms with Gasteiger partial charge in [-0.3, -0.25) is 4.99 Å². The lowest BCUT2D eigenvalue weighted by atomic mass is 9.72. The summed E-state index contributed by atoms with van der Waals surface area (Å²) in [6.07, 6.45) is 9.64. The minimum Gasteiger partial charge on any atom is -0.264 e. The summed E-state index contributed by atoms with van der Waals surface area (Å²) < 4.78 is 0. The molecule has 16 heavy (non-hydrogen) atoms. The van der Waals surface area contributed by atoms with Crippen molar-refractivity contribution in [1.29, 1.82) is 0 Å². The summed E-state index contributed by atoms with van der Waals surface area (Å²) in [5, 5.41) is 0. The van der Waals surface area contributed by atoms with E-state index in [1.807, 2.05) is 0 Å². The zero-order valence-electron chi connectivity index (χ0n) is 9.84. The first-order valence-electron chi connectivity index (χ1n) is 6.41. The molecule has 0 unspecified atom stereocenters. The van der Waals surface area contributed by atoms with Crippen molar-refractivity contribution in [2.75, 3.05) is 0 Å². The molecule has 1 nitrogen and oxygen atoms in total. The monoisotopic (exact) mass is 213 g/mol. The molecular formula is C15H19N.